The van der Waals surface area contributed by atoms with Crippen molar-refractivity contribution in [1.82, 2.24) is 0 Å². The highest BCUT2D eigenvalue weighted by Gasteiger charge is 2.73. The molecule has 0 unspecified atom stereocenters. The summed E-state index contributed by atoms with van der Waals surface area (Å²) >= 11 is -1.20. The van der Waals surface area contributed by atoms with Crippen LogP contribution in [0.3, 0.4) is 0 Å². The molecule has 20 heteroatoms. The largest absolute Gasteiger partial charge is 0.515 e. The fourth-order valence-corrected chi connectivity index (χ4v) is 12.2. The molecule has 1 nitrogen and oxygen atoms in total. The van der Waals surface area contributed by atoms with Gasteiger partial charge in [-0.15, -0.1) is 17.6 Å². The molecule has 302 valence electrons. The molecule has 0 aliphatic rings. The molecular weight excluding hydrogens is 767 g/mol. The Bertz CT molecular complexity index is 1300. The molecule has 2 rings (SSSR count). The molecule has 0 atom stereocenters. The van der Waals surface area contributed by atoms with Crippen LogP contribution < -0.4 is 5.32 Å². The lowest BCUT2D eigenvalue weighted by Crippen LogP contribution is -3.07. The van der Waals surface area contributed by atoms with Crippen LogP contribution in [0.25, 0.3) is 11.1 Å². The summed E-state index contributed by atoms with van der Waals surface area (Å²) in [7, 11) is 0. The van der Waals surface area contributed by atoms with Crippen LogP contribution in [0.15, 0.2) is 12.1 Å². The first-order chi connectivity index (χ1) is 23.7. The van der Waals surface area contributed by atoms with E-state index in [0.29, 0.717) is 12.1 Å². The summed E-state index contributed by atoms with van der Waals surface area (Å²) in [5, 5.41) is 4.25. The zero-order chi connectivity index (χ0) is 40.9. The number of hydrogen-bond acceptors (Lipinski definition) is 0. The number of halogens is 18. The van der Waals surface area contributed by atoms with E-state index in [1.807, 2.05) is 0 Å². The second-order valence-corrected chi connectivity index (χ2v) is 18.1. The number of alkyl halides is 10. The van der Waals surface area contributed by atoms with Crippen LogP contribution in [0.5, 0.6) is 0 Å². The topological polar surface area (TPSA) is 16.6 Å². The van der Waals surface area contributed by atoms with Crippen molar-refractivity contribution in [1.29, 1.82) is 0 Å². The smallest absolute Gasteiger partial charge is 0.208 e. The van der Waals surface area contributed by atoms with Crippen molar-refractivity contribution in [3.05, 3.63) is 58.7 Å². The van der Waals surface area contributed by atoms with Gasteiger partial charge in [0.05, 0.1) is 5.56 Å². The molecule has 0 radical (unpaired) electrons. The van der Waals surface area contributed by atoms with Crippen LogP contribution in [0.2, 0.25) is 21.1 Å². The Morgan fingerprint density at radius 3 is 1.04 bits per heavy atom. The summed E-state index contributed by atoms with van der Waals surface area (Å²) in [6, 6.07) is -11.8. The quantitative estimate of drug-likeness (QED) is 0.0607. The third-order valence-electron chi connectivity index (χ3n) is 8.31. The SMILES string of the molecule is CCC[CH2][Al-]([CH2]CCC)([CH2]CCC)[CH2]CCC.FC(F)(F)C(F)(F)[NH2+]C(F)(F)C(F)(F)F.Fc1ccc(-c2c(F)c(F)c(F)c(F)c2F)c(F)c1F. The number of benzene rings is 2. The lowest BCUT2D eigenvalue weighted by molar-refractivity contribution is -0.912. The molecule has 2 aromatic carbocycles. The molecule has 2 N–H and O–H groups in total. The van der Waals surface area contributed by atoms with Gasteiger partial charge in [-0.1, -0.05) is 79.1 Å². The summed E-state index contributed by atoms with van der Waals surface area (Å²) in [4.78, 5) is 0. The Balaban J connectivity index is 0.000000761. The van der Waals surface area contributed by atoms with Crippen LogP contribution >= 0.6 is 0 Å². The number of hydrogen-bond donors (Lipinski definition) is 1. The lowest BCUT2D eigenvalue weighted by Gasteiger charge is -2.36. The molecule has 0 saturated carbocycles. The van der Waals surface area contributed by atoms with Crippen molar-refractivity contribution in [3.8, 4) is 11.1 Å². The van der Waals surface area contributed by atoms with Gasteiger partial charge in [-0.05, 0) is 12.1 Å². The van der Waals surface area contributed by atoms with E-state index < -0.39 is 101 Å². The number of quaternary nitrogens is 1. The van der Waals surface area contributed by atoms with E-state index in [1.54, 1.807) is 21.1 Å². The van der Waals surface area contributed by atoms with Crippen LogP contribution in [-0.4, -0.2) is 37.5 Å². The van der Waals surface area contributed by atoms with E-state index in [4.69, 9.17) is 0 Å². The molecule has 52 heavy (non-hydrogen) atoms. The van der Waals surface area contributed by atoms with Gasteiger partial charge in [-0.2, -0.15) is 47.5 Å². The van der Waals surface area contributed by atoms with Gasteiger partial charge in [0, 0.05) is 5.56 Å². The molecule has 0 aromatic heterocycles. The summed E-state index contributed by atoms with van der Waals surface area (Å²) in [5.41, 5.74) is -2.95. The highest BCUT2D eigenvalue weighted by Crippen LogP contribution is 2.37. The van der Waals surface area contributed by atoms with Crippen molar-refractivity contribution in [2.24, 2.45) is 0 Å². The van der Waals surface area contributed by atoms with E-state index in [0.717, 1.165) is 0 Å². The van der Waals surface area contributed by atoms with Crippen LogP contribution in [0, 0.1) is 46.5 Å². The maximum Gasteiger partial charge on any atom is 0.515 e. The van der Waals surface area contributed by atoms with E-state index >= 15 is 0 Å². The minimum atomic E-state index is -6.50. The molecule has 0 aliphatic carbocycles. The normalized spacial score (nSPS) is 12.7. The van der Waals surface area contributed by atoms with Crippen molar-refractivity contribution in [3.63, 3.8) is 0 Å². The van der Waals surface area contributed by atoms with Crippen LogP contribution in [0.1, 0.15) is 79.1 Å². The Labute approximate surface area is 291 Å². The maximum absolute atomic E-state index is 13.4. The van der Waals surface area contributed by atoms with Crippen LogP contribution in [-0.2, 0) is 0 Å². The molecule has 0 saturated heterocycles. The second kappa shape index (κ2) is 20.9. The zero-order valence-corrected chi connectivity index (χ0v) is 29.8. The Morgan fingerprint density at radius 2 is 0.750 bits per heavy atom. The van der Waals surface area contributed by atoms with Crippen molar-refractivity contribution in [2.75, 3.05) is 0 Å². The average molecular weight is 808 g/mol. The standard InChI is InChI=1S/C12H2F8.C4HF10N.4C4H9.Al/c13-4-2-1-3(6(14)7(4)15)5-8(16)10(18)12(20)11(19)9(5)17;5-1(6,7)3(11,12)15-4(13,14)2(8,9)10;4*1-3-4-2;/h1-2H;15H;4*1,3-4H2,2H3;/q;;;;;;-1/p+1. The first kappa shape index (κ1) is 49.7. The molecule has 2 aromatic rings. The molecule has 0 fully saturated rings. The third-order valence-corrected chi connectivity index (χ3v) is 14.8. The van der Waals surface area contributed by atoms with Gasteiger partial charge in [-0.25, -0.2) is 40.4 Å². The number of nitrogens with two attached hydrogens (primary N) is 1. The van der Waals surface area contributed by atoms with Gasteiger partial charge in [0.2, 0.25) is 5.82 Å². The third kappa shape index (κ3) is 13.8. The molecule has 0 bridgehead atoms. The fourth-order valence-electron chi connectivity index (χ4n) is 5.37. The second-order valence-electron chi connectivity index (χ2n) is 12.4. The van der Waals surface area contributed by atoms with Gasteiger partial charge in [0.1, 0.15) is 13.1 Å². The highest BCUT2D eigenvalue weighted by molar-refractivity contribution is 6.79. The van der Waals surface area contributed by atoms with Gasteiger partial charge >= 0.3 is 24.4 Å². The van der Waals surface area contributed by atoms with E-state index in [2.05, 4.69) is 27.7 Å². The molecule has 0 amide bonds. The maximum atomic E-state index is 13.4. The summed E-state index contributed by atoms with van der Waals surface area (Å²) < 4.78 is 219. The highest BCUT2D eigenvalue weighted by atomic mass is 27.2. The Kier molecular flexibility index (Phi) is 20.0. The molecule has 0 heterocycles. The summed E-state index contributed by atoms with van der Waals surface area (Å²) in [5.74, 6) is -17.6. The lowest BCUT2D eigenvalue weighted by atomic mass is 10.0. The van der Waals surface area contributed by atoms with Gasteiger partial charge in [-0.3, -0.25) is 0 Å². The van der Waals surface area contributed by atoms with E-state index in [-0.39, 0.29) is 0 Å². The predicted octanol–water partition coefficient (Wildman–Crippen LogP) is 13.0. The van der Waals surface area contributed by atoms with E-state index in [1.165, 1.54) is 51.4 Å². The van der Waals surface area contributed by atoms with E-state index in [9.17, 15) is 79.0 Å². The van der Waals surface area contributed by atoms with Crippen molar-refractivity contribution >= 4 is 13.1 Å². The zero-order valence-electron chi connectivity index (χ0n) is 28.6. The Hall–Kier alpha value is -2.33. The van der Waals surface area contributed by atoms with Gasteiger partial charge < -0.3 is 0 Å². The minimum absolute atomic E-state index is 0.297. The first-order valence-electron chi connectivity index (χ1n) is 16.4. The fraction of sp³-hybridized carbons (Fsp3) is 0.625. The molecule has 0 aliphatic heterocycles. The van der Waals surface area contributed by atoms with Crippen molar-refractivity contribution in [2.45, 2.75) is 125 Å². The average Bonchev–Trinajstić information content (AvgIpc) is 3.05. The monoisotopic (exact) mass is 807 g/mol. The van der Waals surface area contributed by atoms with Gasteiger partial charge in [0.25, 0.3) is 0 Å². The van der Waals surface area contributed by atoms with Crippen molar-refractivity contribution < 1.29 is 84.3 Å². The predicted molar refractivity (Wildman–Crippen MR) is 160 cm³/mol. The molecular formula is C32H40AlF18N. The number of rotatable bonds is 15. The van der Waals surface area contributed by atoms with Gasteiger partial charge in [0.15, 0.2) is 40.7 Å². The number of unbranched alkanes of at least 4 members (excludes halogenated alkanes) is 4. The molecule has 0 spiro atoms. The summed E-state index contributed by atoms with van der Waals surface area (Å²) in [6.45, 7) is 9.46. The van der Waals surface area contributed by atoms with Crippen LogP contribution in [0.4, 0.5) is 79.0 Å². The summed E-state index contributed by atoms with van der Waals surface area (Å²) in [6.07, 6.45) is -1.30. The first-order valence-corrected chi connectivity index (χ1v) is 19.6. The Morgan fingerprint density at radius 1 is 0.442 bits per heavy atom. The minimum Gasteiger partial charge on any atom is -0.208 e.